The van der Waals surface area contributed by atoms with Gasteiger partial charge in [-0.05, 0) is 11.1 Å². The lowest BCUT2D eigenvalue weighted by molar-refractivity contribution is 0.281. The number of hydrogen-bond acceptors (Lipinski definition) is 4. The second-order valence-corrected chi connectivity index (χ2v) is 3.64. The van der Waals surface area contributed by atoms with Crippen LogP contribution in [0.4, 0.5) is 0 Å². The summed E-state index contributed by atoms with van der Waals surface area (Å²) in [6, 6.07) is 7.75. The molecule has 0 bridgehead atoms. The van der Waals surface area contributed by atoms with Gasteiger partial charge in [0.1, 0.15) is 6.33 Å². The third-order valence-corrected chi connectivity index (χ3v) is 2.47. The van der Waals surface area contributed by atoms with Crippen LogP contribution in [0.25, 0.3) is 0 Å². The molecule has 0 saturated carbocycles. The van der Waals surface area contributed by atoms with Crippen molar-refractivity contribution in [2.24, 2.45) is 0 Å². The van der Waals surface area contributed by atoms with Crippen molar-refractivity contribution in [1.29, 1.82) is 0 Å². The first-order valence-corrected chi connectivity index (χ1v) is 5.00. The van der Waals surface area contributed by atoms with Gasteiger partial charge in [0, 0.05) is 0 Å². The Morgan fingerprint density at radius 2 is 2.13 bits per heavy atom. The summed E-state index contributed by atoms with van der Waals surface area (Å²) in [5.74, 6) is 0. The minimum atomic E-state index is 0.0593. The van der Waals surface area contributed by atoms with Gasteiger partial charge in [-0.1, -0.05) is 24.3 Å². The fourth-order valence-electron chi connectivity index (χ4n) is 1.38. The third kappa shape index (κ3) is 2.37. The van der Waals surface area contributed by atoms with E-state index >= 15 is 0 Å². The molecule has 0 spiro atoms. The van der Waals surface area contributed by atoms with Crippen LogP contribution >= 0.6 is 12.6 Å². The van der Waals surface area contributed by atoms with Crippen molar-refractivity contribution in [3.05, 3.63) is 41.7 Å². The highest BCUT2D eigenvalue weighted by Gasteiger charge is 2.00. The van der Waals surface area contributed by atoms with Crippen LogP contribution in [0.1, 0.15) is 11.1 Å². The Balaban J connectivity index is 2.21. The summed E-state index contributed by atoms with van der Waals surface area (Å²) in [6.45, 7) is 0.726. The van der Waals surface area contributed by atoms with Crippen LogP contribution in [0.3, 0.4) is 0 Å². The zero-order valence-corrected chi connectivity index (χ0v) is 8.93. The van der Waals surface area contributed by atoms with Crippen molar-refractivity contribution in [3.8, 4) is 0 Å². The summed E-state index contributed by atoms with van der Waals surface area (Å²) >= 11 is 4.17. The van der Waals surface area contributed by atoms with Gasteiger partial charge in [0.05, 0.1) is 13.2 Å². The number of aliphatic hydroxyl groups excluding tert-OH is 1. The van der Waals surface area contributed by atoms with Gasteiger partial charge < -0.3 is 9.67 Å². The molecule has 0 aliphatic rings. The third-order valence-electron chi connectivity index (χ3n) is 2.12. The fourth-order valence-corrected chi connectivity index (χ4v) is 1.56. The van der Waals surface area contributed by atoms with Gasteiger partial charge in [-0.25, -0.2) is 0 Å². The van der Waals surface area contributed by atoms with Crippen LogP contribution in [0.5, 0.6) is 0 Å². The summed E-state index contributed by atoms with van der Waals surface area (Å²) in [4.78, 5) is 0. The van der Waals surface area contributed by atoms with Crippen molar-refractivity contribution in [2.75, 3.05) is 0 Å². The molecule has 5 heteroatoms. The van der Waals surface area contributed by atoms with E-state index in [0.29, 0.717) is 11.7 Å². The molecular formula is C10H11N3OS. The largest absolute Gasteiger partial charge is 0.392 e. The van der Waals surface area contributed by atoms with Crippen LogP contribution in [0.2, 0.25) is 0 Å². The normalized spacial score (nSPS) is 10.5. The quantitative estimate of drug-likeness (QED) is 0.763. The van der Waals surface area contributed by atoms with Crippen LogP contribution < -0.4 is 0 Å². The van der Waals surface area contributed by atoms with Gasteiger partial charge in [0.2, 0.25) is 0 Å². The Bertz CT molecular complexity index is 455. The number of aliphatic hydroxyl groups is 1. The van der Waals surface area contributed by atoms with E-state index < -0.39 is 0 Å². The van der Waals surface area contributed by atoms with E-state index in [1.807, 2.05) is 28.8 Å². The van der Waals surface area contributed by atoms with Crippen molar-refractivity contribution < 1.29 is 5.11 Å². The summed E-state index contributed by atoms with van der Waals surface area (Å²) in [7, 11) is 0. The molecule has 0 unspecified atom stereocenters. The molecule has 1 heterocycles. The molecule has 1 aromatic heterocycles. The first-order chi connectivity index (χ1) is 7.29. The van der Waals surface area contributed by atoms with E-state index in [4.69, 9.17) is 5.11 Å². The Kier molecular flexibility index (Phi) is 3.03. The Hall–Kier alpha value is -1.33. The highest BCUT2D eigenvalue weighted by atomic mass is 32.1. The van der Waals surface area contributed by atoms with Gasteiger partial charge in [-0.3, -0.25) is 0 Å². The van der Waals surface area contributed by atoms with Crippen LogP contribution in [0, 0.1) is 0 Å². The minimum absolute atomic E-state index is 0.0593. The van der Waals surface area contributed by atoms with E-state index in [2.05, 4.69) is 22.8 Å². The zero-order valence-electron chi connectivity index (χ0n) is 8.04. The molecule has 1 aromatic carbocycles. The molecule has 0 aliphatic carbocycles. The Labute approximate surface area is 93.0 Å². The summed E-state index contributed by atoms with van der Waals surface area (Å²) < 4.78 is 1.83. The van der Waals surface area contributed by atoms with Crippen LogP contribution in [-0.2, 0) is 13.2 Å². The van der Waals surface area contributed by atoms with Crippen LogP contribution in [-0.4, -0.2) is 19.9 Å². The van der Waals surface area contributed by atoms with E-state index in [9.17, 15) is 0 Å². The van der Waals surface area contributed by atoms with Gasteiger partial charge in [0.15, 0.2) is 5.16 Å². The monoisotopic (exact) mass is 221 g/mol. The number of thiol groups is 1. The van der Waals surface area contributed by atoms with E-state index in [0.717, 1.165) is 11.1 Å². The molecule has 15 heavy (non-hydrogen) atoms. The lowest BCUT2D eigenvalue weighted by atomic mass is 10.1. The van der Waals surface area contributed by atoms with Crippen molar-refractivity contribution in [1.82, 2.24) is 14.8 Å². The van der Waals surface area contributed by atoms with Gasteiger partial charge in [0.25, 0.3) is 0 Å². The van der Waals surface area contributed by atoms with Gasteiger partial charge in [-0.2, -0.15) is 0 Å². The number of benzene rings is 1. The lowest BCUT2D eigenvalue weighted by Gasteiger charge is -2.04. The molecule has 1 N–H and O–H groups in total. The molecule has 78 valence electrons. The van der Waals surface area contributed by atoms with E-state index in [-0.39, 0.29) is 6.61 Å². The summed E-state index contributed by atoms with van der Waals surface area (Å²) in [5.41, 5.74) is 2.00. The van der Waals surface area contributed by atoms with E-state index in [1.54, 1.807) is 6.33 Å². The number of hydrogen-bond donors (Lipinski definition) is 2. The average molecular weight is 221 g/mol. The van der Waals surface area contributed by atoms with Crippen molar-refractivity contribution in [3.63, 3.8) is 0 Å². The predicted octanol–water partition coefficient (Wildman–Crippen LogP) is 1.11. The summed E-state index contributed by atoms with van der Waals surface area (Å²) in [6.07, 6.45) is 1.63. The van der Waals surface area contributed by atoms with Gasteiger partial charge >= 0.3 is 0 Å². The Morgan fingerprint density at radius 1 is 1.33 bits per heavy atom. The second-order valence-electron chi connectivity index (χ2n) is 3.24. The van der Waals surface area contributed by atoms with Crippen molar-refractivity contribution in [2.45, 2.75) is 18.3 Å². The van der Waals surface area contributed by atoms with Gasteiger partial charge in [-0.15, -0.1) is 22.8 Å². The Morgan fingerprint density at radius 3 is 2.80 bits per heavy atom. The molecule has 4 nitrogen and oxygen atoms in total. The maximum atomic E-state index is 9.00. The van der Waals surface area contributed by atoms with Crippen molar-refractivity contribution >= 4 is 12.6 Å². The SMILES string of the molecule is OCc1cccc(Cn2cnnc2S)c1. The maximum Gasteiger partial charge on any atom is 0.188 e. The fraction of sp³-hybridized carbons (Fsp3) is 0.200. The molecule has 0 radical (unpaired) electrons. The second kappa shape index (κ2) is 4.46. The first-order valence-electron chi connectivity index (χ1n) is 4.55. The maximum absolute atomic E-state index is 9.00. The van der Waals surface area contributed by atoms with Crippen LogP contribution in [0.15, 0.2) is 35.7 Å². The molecular weight excluding hydrogens is 210 g/mol. The number of nitrogens with zero attached hydrogens (tertiary/aromatic N) is 3. The molecule has 2 aromatic rings. The predicted molar refractivity (Wildman–Crippen MR) is 58.7 cm³/mol. The molecule has 0 saturated heterocycles. The highest BCUT2D eigenvalue weighted by molar-refractivity contribution is 7.80. The molecule has 0 aliphatic heterocycles. The molecule has 0 atom stereocenters. The molecule has 0 fully saturated rings. The summed E-state index contributed by atoms with van der Waals surface area (Å²) in [5, 5.41) is 17.1. The topological polar surface area (TPSA) is 50.9 Å². The number of aromatic nitrogens is 3. The molecule has 2 rings (SSSR count). The zero-order chi connectivity index (χ0) is 10.7. The average Bonchev–Trinajstić information content (AvgIpc) is 2.65. The smallest absolute Gasteiger partial charge is 0.188 e. The highest BCUT2D eigenvalue weighted by Crippen LogP contribution is 2.09. The molecule has 0 amide bonds. The van der Waals surface area contributed by atoms with E-state index in [1.165, 1.54) is 0 Å². The number of rotatable bonds is 3. The first kappa shape index (κ1) is 10.2. The standard InChI is InChI=1S/C10H11N3OS/c14-6-9-3-1-2-8(4-9)5-13-7-11-12-10(13)15/h1-4,7,14H,5-6H2,(H,12,15). The lowest BCUT2D eigenvalue weighted by Crippen LogP contribution is -1.99. The minimum Gasteiger partial charge on any atom is -0.392 e.